The molecule has 1 aliphatic heterocycles. The van der Waals surface area contributed by atoms with Crippen molar-refractivity contribution in [3.8, 4) is 0 Å². The van der Waals surface area contributed by atoms with Crippen molar-refractivity contribution in [3.05, 3.63) is 24.3 Å². The van der Waals surface area contributed by atoms with Crippen molar-refractivity contribution in [2.24, 2.45) is 5.92 Å². The van der Waals surface area contributed by atoms with E-state index in [0.717, 1.165) is 19.3 Å². The van der Waals surface area contributed by atoms with E-state index in [1.54, 1.807) is 12.1 Å². The van der Waals surface area contributed by atoms with Crippen molar-refractivity contribution in [2.75, 3.05) is 19.0 Å². The number of anilines is 1. The summed E-state index contributed by atoms with van der Waals surface area (Å²) in [6.45, 7) is -0.454. The Morgan fingerprint density at radius 3 is 2.78 bits per heavy atom. The number of hydrogen-bond acceptors (Lipinski definition) is 6. The van der Waals surface area contributed by atoms with Crippen molar-refractivity contribution < 1.29 is 22.7 Å². The largest absolute Gasteiger partial charge is 0.468 e. The van der Waals surface area contributed by atoms with Gasteiger partial charge in [-0.2, -0.15) is 4.72 Å². The van der Waals surface area contributed by atoms with Gasteiger partial charge in [-0.1, -0.05) is 18.9 Å². The Bertz CT molecular complexity index is 797. The maximum Gasteiger partial charge on any atom is 0.320 e. The van der Waals surface area contributed by atoms with Gasteiger partial charge < -0.3 is 15.4 Å². The SMILES string of the molecule is COC(=O)CNS(=O)(=O)c1cccc(NC(=O)C2CC3CCCCC3N2)c1. The monoisotopic (exact) mass is 395 g/mol. The summed E-state index contributed by atoms with van der Waals surface area (Å²) in [4.78, 5) is 23.7. The summed E-state index contributed by atoms with van der Waals surface area (Å²) < 4.78 is 31.1. The van der Waals surface area contributed by atoms with E-state index in [9.17, 15) is 18.0 Å². The molecule has 1 aromatic carbocycles. The van der Waals surface area contributed by atoms with Crippen molar-refractivity contribution in [1.29, 1.82) is 0 Å². The fourth-order valence-electron chi connectivity index (χ4n) is 3.80. The van der Waals surface area contributed by atoms with Crippen LogP contribution in [0.5, 0.6) is 0 Å². The summed E-state index contributed by atoms with van der Waals surface area (Å²) in [6.07, 6.45) is 5.49. The quantitative estimate of drug-likeness (QED) is 0.619. The van der Waals surface area contributed by atoms with Gasteiger partial charge in [0.1, 0.15) is 6.54 Å². The van der Waals surface area contributed by atoms with Crippen molar-refractivity contribution in [2.45, 2.75) is 49.1 Å². The molecule has 0 aromatic heterocycles. The lowest BCUT2D eigenvalue weighted by Crippen LogP contribution is -2.39. The topological polar surface area (TPSA) is 114 Å². The summed E-state index contributed by atoms with van der Waals surface area (Å²) in [5.41, 5.74) is 0.401. The maximum absolute atomic E-state index is 12.6. The molecule has 8 nitrogen and oxygen atoms in total. The van der Waals surface area contributed by atoms with Crippen molar-refractivity contribution in [1.82, 2.24) is 10.0 Å². The van der Waals surface area contributed by atoms with Gasteiger partial charge in [-0.05, 0) is 43.4 Å². The fourth-order valence-corrected chi connectivity index (χ4v) is 4.82. The number of esters is 1. The van der Waals surface area contributed by atoms with Crippen molar-refractivity contribution >= 4 is 27.6 Å². The maximum atomic E-state index is 12.6. The standard InChI is InChI=1S/C18H25N3O5S/c1-26-17(22)11-19-27(24,25)14-7-4-6-13(10-14)20-18(23)16-9-12-5-2-3-8-15(12)21-16/h4,6-7,10,12,15-16,19,21H,2-3,5,8-9,11H2,1H3,(H,20,23). The number of carbonyl (C=O) groups is 2. The molecular formula is C18H25N3O5S. The van der Waals surface area contributed by atoms with Crippen LogP contribution in [0.25, 0.3) is 0 Å². The molecule has 1 aliphatic carbocycles. The Morgan fingerprint density at radius 1 is 1.26 bits per heavy atom. The van der Waals surface area contributed by atoms with Gasteiger partial charge in [0.25, 0.3) is 0 Å². The van der Waals surface area contributed by atoms with E-state index < -0.39 is 22.5 Å². The molecule has 2 fully saturated rings. The van der Waals surface area contributed by atoms with Gasteiger partial charge in [0, 0.05) is 11.7 Å². The normalized spacial score (nSPS) is 24.9. The zero-order valence-electron chi connectivity index (χ0n) is 15.2. The molecule has 3 rings (SSSR count). The van der Waals surface area contributed by atoms with E-state index in [-0.39, 0.29) is 16.8 Å². The smallest absolute Gasteiger partial charge is 0.320 e. The third-order valence-corrected chi connectivity index (χ3v) is 6.62. The molecular weight excluding hydrogens is 370 g/mol. The molecule has 148 valence electrons. The Labute approximate surface area is 159 Å². The van der Waals surface area contributed by atoms with Crippen LogP contribution in [-0.2, 0) is 24.3 Å². The second-order valence-electron chi connectivity index (χ2n) is 7.02. The molecule has 1 heterocycles. The van der Waals surface area contributed by atoms with Gasteiger partial charge in [-0.25, -0.2) is 8.42 Å². The van der Waals surface area contributed by atoms with E-state index in [1.807, 2.05) is 0 Å². The highest BCUT2D eigenvalue weighted by molar-refractivity contribution is 7.89. The van der Waals surface area contributed by atoms with Crippen LogP contribution in [0.4, 0.5) is 5.69 Å². The Hall–Kier alpha value is -1.97. The van der Waals surface area contributed by atoms with Gasteiger partial charge in [-0.3, -0.25) is 9.59 Å². The molecule has 1 aromatic rings. The lowest BCUT2D eigenvalue weighted by molar-refractivity contribution is -0.139. The number of carbonyl (C=O) groups excluding carboxylic acids is 2. The highest BCUT2D eigenvalue weighted by Gasteiger charge is 2.38. The fraction of sp³-hybridized carbons (Fsp3) is 0.556. The summed E-state index contributed by atoms with van der Waals surface area (Å²) in [7, 11) is -2.70. The number of sulfonamides is 1. The van der Waals surface area contributed by atoms with Gasteiger partial charge in [-0.15, -0.1) is 0 Å². The van der Waals surface area contributed by atoms with Crippen LogP contribution in [0.15, 0.2) is 29.2 Å². The van der Waals surface area contributed by atoms with Gasteiger partial charge in [0.15, 0.2) is 0 Å². The third-order valence-electron chi connectivity index (χ3n) is 5.23. The van der Waals surface area contributed by atoms with Crippen LogP contribution in [-0.4, -0.2) is 46.0 Å². The molecule has 3 atom stereocenters. The molecule has 9 heteroatoms. The molecule has 27 heavy (non-hydrogen) atoms. The number of amides is 1. The van der Waals surface area contributed by atoms with E-state index >= 15 is 0 Å². The van der Waals surface area contributed by atoms with E-state index in [4.69, 9.17) is 0 Å². The molecule has 1 saturated heterocycles. The number of rotatable bonds is 6. The molecule has 3 N–H and O–H groups in total. The first-order valence-electron chi connectivity index (χ1n) is 9.12. The molecule has 1 saturated carbocycles. The van der Waals surface area contributed by atoms with E-state index in [2.05, 4.69) is 20.1 Å². The van der Waals surface area contributed by atoms with Crippen LogP contribution >= 0.6 is 0 Å². The molecule has 0 radical (unpaired) electrons. The summed E-state index contributed by atoms with van der Waals surface area (Å²) in [6, 6.07) is 6.11. The lowest BCUT2D eigenvalue weighted by Gasteiger charge is -2.24. The second kappa shape index (κ2) is 8.37. The average Bonchev–Trinajstić information content (AvgIpc) is 3.11. The molecule has 0 bridgehead atoms. The highest BCUT2D eigenvalue weighted by Crippen LogP contribution is 2.33. The number of benzene rings is 1. The van der Waals surface area contributed by atoms with Crippen LogP contribution in [0.1, 0.15) is 32.1 Å². The Morgan fingerprint density at radius 2 is 2.04 bits per heavy atom. The van der Waals surface area contributed by atoms with E-state index in [1.165, 1.54) is 32.1 Å². The van der Waals surface area contributed by atoms with Crippen LogP contribution in [0.3, 0.4) is 0 Å². The summed E-state index contributed by atoms with van der Waals surface area (Å²) in [5.74, 6) is -0.290. The third kappa shape index (κ3) is 4.85. The van der Waals surface area contributed by atoms with Crippen LogP contribution < -0.4 is 15.4 Å². The first-order chi connectivity index (χ1) is 12.9. The first kappa shape index (κ1) is 19.8. The molecule has 2 aliphatic rings. The average molecular weight is 395 g/mol. The number of ether oxygens (including phenoxy) is 1. The van der Waals surface area contributed by atoms with Crippen LogP contribution in [0, 0.1) is 5.92 Å². The minimum atomic E-state index is -3.88. The minimum absolute atomic E-state index is 0.0303. The molecule has 0 spiro atoms. The minimum Gasteiger partial charge on any atom is -0.468 e. The van der Waals surface area contributed by atoms with Crippen LogP contribution in [0.2, 0.25) is 0 Å². The first-order valence-corrected chi connectivity index (χ1v) is 10.6. The predicted molar refractivity (Wildman–Crippen MR) is 99.6 cm³/mol. The zero-order valence-corrected chi connectivity index (χ0v) is 16.1. The second-order valence-corrected chi connectivity index (χ2v) is 8.79. The van der Waals surface area contributed by atoms with Gasteiger partial charge >= 0.3 is 5.97 Å². The Balaban J connectivity index is 1.63. The number of nitrogens with one attached hydrogen (secondary N) is 3. The van der Waals surface area contributed by atoms with Gasteiger partial charge in [0.2, 0.25) is 15.9 Å². The number of methoxy groups -OCH3 is 1. The number of fused-ring (bicyclic) bond motifs is 1. The van der Waals surface area contributed by atoms with E-state index in [0.29, 0.717) is 17.6 Å². The van der Waals surface area contributed by atoms with Crippen molar-refractivity contribution in [3.63, 3.8) is 0 Å². The summed E-state index contributed by atoms with van der Waals surface area (Å²) >= 11 is 0. The summed E-state index contributed by atoms with van der Waals surface area (Å²) in [5, 5.41) is 6.20. The Kier molecular flexibility index (Phi) is 6.13. The van der Waals surface area contributed by atoms with Gasteiger partial charge in [0.05, 0.1) is 18.0 Å². The number of hydrogen-bond donors (Lipinski definition) is 3. The zero-order chi connectivity index (χ0) is 19.4. The highest BCUT2D eigenvalue weighted by atomic mass is 32.2. The predicted octanol–water partition coefficient (Wildman–Crippen LogP) is 0.997. The lowest BCUT2D eigenvalue weighted by atomic mass is 9.85. The molecule has 3 unspecified atom stereocenters. The molecule has 1 amide bonds.